The molecule has 0 nitrogen and oxygen atoms in total. The van der Waals surface area contributed by atoms with Gasteiger partial charge in [-0.05, 0) is 37.0 Å². The first-order chi connectivity index (χ1) is 8.69. The van der Waals surface area contributed by atoms with Gasteiger partial charge in [-0.25, -0.2) is 0 Å². The standard InChI is InChI=1S/C18H20/c1-4-17(18-8-6-5-7-9-18)13-16-11-14(2)10-15(3)12-16/h5-13H,4H2,1-3H3/b17-13+. The lowest BCUT2D eigenvalue weighted by atomic mass is 9.99. The van der Waals surface area contributed by atoms with Crippen LogP contribution < -0.4 is 0 Å². The van der Waals surface area contributed by atoms with E-state index in [1.54, 1.807) is 0 Å². The molecule has 0 heteroatoms. The van der Waals surface area contributed by atoms with Crippen molar-refractivity contribution >= 4 is 11.6 Å². The van der Waals surface area contributed by atoms with E-state index >= 15 is 0 Å². The number of aryl methyl sites for hydroxylation is 2. The van der Waals surface area contributed by atoms with Gasteiger partial charge in [0.1, 0.15) is 0 Å². The molecule has 2 rings (SSSR count). The third-order valence-corrected chi connectivity index (χ3v) is 3.11. The molecule has 0 unspecified atom stereocenters. The smallest absolute Gasteiger partial charge is 0.0224 e. The average molecular weight is 236 g/mol. The van der Waals surface area contributed by atoms with E-state index in [1.807, 2.05) is 0 Å². The lowest BCUT2D eigenvalue weighted by Gasteiger charge is -2.06. The molecule has 18 heavy (non-hydrogen) atoms. The molecular weight excluding hydrogens is 216 g/mol. The van der Waals surface area contributed by atoms with E-state index in [1.165, 1.54) is 27.8 Å². The first kappa shape index (κ1) is 12.6. The summed E-state index contributed by atoms with van der Waals surface area (Å²) >= 11 is 0. The molecule has 0 fully saturated rings. The average Bonchev–Trinajstić information content (AvgIpc) is 2.36. The van der Waals surface area contributed by atoms with Crippen molar-refractivity contribution in [2.45, 2.75) is 27.2 Å². The summed E-state index contributed by atoms with van der Waals surface area (Å²) in [4.78, 5) is 0. The van der Waals surface area contributed by atoms with Gasteiger partial charge in [0, 0.05) is 0 Å². The van der Waals surface area contributed by atoms with Crippen LogP contribution in [0.4, 0.5) is 0 Å². The Balaban J connectivity index is 2.41. The predicted molar refractivity (Wildman–Crippen MR) is 80.5 cm³/mol. The van der Waals surface area contributed by atoms with E-state index in [0.717, 1.165) is 6.42 Å². The van der Waals surface area contributed by atoms with Crippen molar-refractivity contribution in [2.75, 3.05) is 0 Å². The van der Waals surface area contributed by atoms with Crippen LogP contribution in [0, 0.1) is 13.8 Å². The van der Waals surface area contributed by atoms with Crippen molar-refractivity contribution < 1.29 is 0 Å². The lowest BCUT2D eigenvalue weighted by Crippen LogP contribution is -1.85. The molecule has 0 bridgehead atoms. The molecule has 0 saturated heterocycles. The number of rotatable bonds is 3. The van der Waals surface area contributed by atoms with Crippen LogP contribution in [0.15, 0.2) is 48.5 Å². The van der Waals surface area contributed by atoms with Crippen molar-refractivity contribution in [1.29, 1.82) is 0 Å². The van der Waals surface area contributed by atoms with Crippen molar-refractivity contribution in [1.82, 2.24) is 0 Å². The summed E-state index contributed by atoms with van der Waals surface area (Å²) in [5.74, 6) is 0. The Bertz CT molecular complexity index is 527. The Morgan fingerprint density at radius 1 is 0.944 bits per heavy atom. The van der Waals surface area contributed by atoms with E-state index in [9.17, 15) is 0 Å². The molecule has 0 radical (unpaired) electrons. The van der Waals surface area contributed by atoms with Crippen LogP contribution in [-0.4, -0.2) is 0 Å². The maximum atomic E-state index is 2.30. The quantitative estimate of drug-likeness (QED) is 0.638. The van der Waals surface area contributed by atoms with Crippen LogP contribution in [-0.2, 0) is 0 Å². The molecule has 0 N–H and O–H groups in total. The fourth-order valence-corrected chi connectivity index (χ4v) is 2.34. The Labute approximate surface area is 110 Å². The van der Waals surface area contributed by atoms with Crippen LogP contribution in [0.1, 0.15) is 35.6 Å². The summed E-state index contributed by atoms with van der Waals surface area (Å²) in [6, 6.07) is 17.3. The highest BCUT2D eigenvalue weighted by molar-refractivity contribution is 5.81. The summed E-state index contributed by atoms with van der Waals surface area (Å²) < 4.78 is 0. The molecule has 0 aliphatic rings. The van der Waals surface area contributed by atoms with E-state index in [4.69, 9.17) is 0 Å². The Morgan fingerprint density at radius 3 is 2.11 bits per heavy atom. The summed E-state index contributed by atoms with van der Waals surface area (Å²) in [6.07, 6.45) is 3.35. The zero-order chi connectivity index (χ0) is 13.0. The fraction of sp³-hybridized carbons (Fsp3) is 0.222. The van der Waals surface area contributed by atoms with Crippen LogP contribution in [0.5, 0.6) is 0 Å². The molecule has 2 aromatic rings. The van der Waals surface area contributed by atoms with Crippen molar-refractivity contribution in [3.8, 4) is 0 Å². The molecule has 0 heterocycles. The van der Waals surface area contributed by atoms with Gasteiger partial charge in [0.25, 0.3) is 0 Å². The third kappa shape index (κ3) is 3.10. The highest BCUT2D eigenvalue weighted by atomic mass is 14.0. The van der Waals surface area contributed by atoms with Gasteiger partial charge >= 0.3 is 0 Å². The third-order valence-electron chi connectivity index (χ3n) is 3.11. The normalized spacial score (nSPS) is 11.6. The van der Waals surface area contributed by atoms with Crippen LogP contribution in [0.3, 0.4) is 0 Å². The highest BCUT2D eigenvalue weighted by Gasteiger charge is 1.99. The Hall–Kier alpha value is -1.82. The summed E-state index contributed by atoms with van der Waals surface area (Å²) in [6.45, 7) is 6.51. The summed E-state index contributed by atoms with van der Waals surface area (Å²) in [5.41, 5.74) is 6.66. The minimum absolute atomic E-state index is 1.05. The monoisotopic (exact) mass is 236 g/mol. The molecule has 0 spiro atoms. The molecule has 0 aliphatic heterocycles. The second-order valence-electron chi connectivity index (χ2n) is 4.81. The van der Waals surface area contributed by atoms with Gasteiger partial charge in [-0.3, -0.25) is 0 Å². The first-order valence-electron chi connectivity index (χ1n) is 6.53. The van der Waals surface area contributed by atoms with Gasteiger partial charge in [-0.1, -0.05) is 72.7 Å². The van der Waals surface area contributed by atoms with Gasteiger partial charge in [-0.2, -0.15) is 0 Å². The van der Waals surface area contributed by atoms with Gasteiger partial charge in [0.05, 0.1) is 0 Å². The Morgan fingerprint density at radius 2 is 1.56 bits per heavy atom. The minimum atomic E-state index is 1.05. The number of allylic oxidation sites excluding steroid dienone is 1. The van der Waals surface area contributed by atoms with Gasteiger partial charge in [0.15, 0.2) is 0 Å². The molecule has 0 atom stereocenters. The predicted octanol–water partition coefficient (Wildman–Crippen LogP) is 5.25. The first-order valence-corrected chi connectivity index (χ1v) is 6.53. The van der Waals surface area contributed by atoms with Crippen LogP contribution in [0.25, 0.3) is 11.6 Å². The van der Waals surface area contributed by atoms with E-state index in [-0.39, 0.29) is 0 Å². The Kier molecular flexibility index (Phi) is 3.99. The van der Waals surface area contributed by atoms with Crippen molar-refractivity contribution in [3.63, 3.8) is 0 Å². The zero-order valence-corrected chi connectivity index (χ0v) is 11.4. The highest BCUT2D eigenvalue weighted by Crippen LogP contribution is 2.22. The second kappa shape index (κ2) is 5.68. The number of hydrogen-bond donors (Lipinski definition) is 0. The second-order valence-corrected chi connectivity index (χ2v) is 4.81. The van der Waals surface area contributed by atoms with Gasteiger partial charge in [-0.15, -0.1) is 0 Å². The molecule has 0 aliphatic carbocycles. The topological polar surface area (TPSA) is 0 Å². The minimum Gasteiger partial charge on any atom is -0.0622 e. The zero-order valence-electron chi connectivity index (χ0n) is 11.4. The van der Waals surface area contributed by atoms with Gasteiger partial charge in [0.2, 0.25) is 0 Å². The van der Waals surface area contributed by atoms with E-state index in [0.29, 0.717) is 0 Å². The maximum Gasteiger partial charge on any atom is -0.0224 e. The fourth-order valence-electron chi connectivity index (χ4n) is 2.34. The molecule has 0 amide bonds. The largest absolute Gasteiger partial charge is 0.0622 e. The molecule has 0 saturated carbocycles. The lowest BCUT2D eigenvalue weighted by molar-refractivity contribution is 1.24. The molecule has 92 valence electrons. The van der Waals surface area contributed by atoms with Gasteiger partial charge < -0.3 is 0 Å². The molecular formula is C18H20. The molecule has 0 aromatic heterocycles. The molecule has 2 aromatic carbocycles. The van der Waals surface area contributed by atoms with Crippen molar-refractivity contribution in [3.05, 3.63) is 70.8 Å². The van der Waals surface area contributed by atoms with Crippen LogP contribution >= 0.6 is 0 Å². The SMILES string of the molecule is CC/C(=C\c1cc(C)cc(C)c1)c1ccccc1. The van der Waals surface area contributed by atoms with E-state index < -0.39 is 0 Å². The summed E-state index contributed by atoms with van der Waals surface area (Å²) in [5, 5.41) is 0. The number of benzene rings is 2. The number of hydrogen-bond acceptors (Lipinski definition) is 0. The van der Waals surface area contributed by atoms with Crippen molar-refractivity contribution in [2.24, 2.45) is 0 Å². The summed E-state index contributed by atoms with van der Waals surface area (Å²) in [7, 11) is 0. The maximum absolute atomic E-state index is 2.30. The van der Waals surface area contributed by atoms with E-state index in [2.05, 4.69) is 75.4 Å². The van der Waals surface area contributed by atoms with Crippen LogP contribution in [0.2, 0.25) is 0 Å².